The van der Waals surface area contributed by atoms with E-state index in [4.69, 9.17) is 19.9 Å². The number of aliphatic hydroxyl groups excluding tert-OH is 3. The zero-order chi connectivity index (χ0) is 37.6. The predicted octanol–water partition coefficient (Wildman–Crippen LogP) is 2.26. The molecule has 1 aromatic carbocycles. The fourth-order valence-electron chi connectivity index (χ4n) is 6.43. The topological polar surface area (TPSA) is 232 Å². The third-order valence-electron chi connectivity index (χ3n) is 9.75. The summed E-state index contributed by atoms with van der Waals surface area (Å²) < 4.78 is 17.0. The van der Waals surface area contributed by atoms with E-state index in [2.05, 4.69) is 5.32 Å². The number of phenolic OH excluding ortho intramolecular Hbond substituents is 1. The van der Waals surface area contributed by atoms with Gasteiger partial charge in [0.1, 0.15) is 29.0 Å². The second-order valence-electron chi connectivity index (χ2n) is 13.4. The average molecular weight is 697 g/mol. The van der Waals surface area contributed by atoms with E-state index in [0.29, 0.717) is 0 Å². The first-order chi connectivity index (χ1) is 23.2. The molecule has 0 fully saturated rings. The number of aromatic hydroxyl groups is 1. The second kappa shape index (κ2) is 14.2. The van der Waals surface area contributed by atoms with Gasteiger partial charge in [-0.2, -0.15) is 0 Å². The zero-order valence-electron chi connectivity index (χ0n) is 29.1. The predicted molar refractivity (Wildman–Crippen MR) is 178 cm³/mol. The van der Waals surface area contributed by atoms with E-state index in [9.17, 15) is 44.4 Å². The number of fused-ring (bicyclic) bond motifs is 14. The van der Waals surface area contributed by atoms with Crippen LogP contribution in [0.2, 0.25) is 0 Å². The molecule has 0 aromatic heterocycles. The maximum absolute atomic E-state index is 13.8. The van der Waals surface area contributed by atoms with E-state index >= 15 is 0 Å². The first kappa shape index (κ1) is 38.0. The Kier molecular flexibility index (Phi) is 10.8. The Labute approximate surface area is 289 Å². The summed E-state index contributed by atoms with van der Waals surface area (Å²) in [6.45, 7) is 11.7. The number of nitrogens with two attached hydrogens (primary N) is 1. The first-order valence-corrected chi connectivity index (χ1v) is 16.2. The Balaban J connectivity index is 1.84. The van der Waals surface area contributed by atoms with Gasteiger partial charge < -0.3 is 45.7 Å². The van der Waals surface area contributed by atoms with Crippen molar-refractivity contribution in [3.63, 3.8) is 0 Å². The maximum Gasteiger partial charge on any atom is 0.312 e. The summed E-state index contributed by atoms with van der Waals surface area (Å²) in [6, 6.07) is 0. The van der Waals surface area contributed by atoms with Crippen molar-refractivity contribution in [2.75, 3.05) is 0 Å². The van der Waals surface area contributed by atoms with Crippen LogP contribution in [-0.4, -0.2) is 79.9 Å². The monoisotopic (exact) mass is 696 g/mol. The van der Waals surface area contributed by atoms with Crippen molar-refractivity contribution in [3.8, 4) is 11.5 Å². The molecule has 0 spiro atoms. The van der Waals surface area contributed by atoms with Gasteiger partial charge in [0.25, 0.3) is 11.7 Å². The van der Waals surface area contributed by atoms with Gasteiger partial charge >= 0.3 is 11.8 Å². The molecule has 5 bridgehead atoms. The molecule has 3 heterocycles. The van der Waals surface area contributed by atoms with Crippen LogP contribution in [0, 0.1) is 30.6 Å². The number of hydrogen-bond donors (Lipinski definition) is 6. The van der Waals surface area contributed by atoms with Crippen LogP contribution in [0.5, 0.6) is 11.5 Å². The molecule has 3 aliphatic heterocycles. The molecule has 50 heavy (non-hydrogen) atoms. The van der Waals surface area contributed by atoms with Crippen molar-refractivity contribution < 1.29 is 58.6 Å². The van der Waals surface area contributed by atoms with Crippen molar-refractivity contribution in [2.45, 2.75) is 85.6 Å². The lowest BCUT2D eigenvalue weighted by atomic mass is 9.78. The van der Waals surface area contributed by atoms with E-state index in [0.717, 1.165) is 6.26 Å². The number of aliphatic hydroxyl groups is 3. The minimum absolute atomic E-state index is 0.0570. The van der Waals surface area contributed by atoms with Gasteiger partial charge in [-0.1, -0.05) is 45.9 Å². The van der Waals surface area contributed by atoms with Gasteiger partial charge in [-0.15, -0.1) is 0 Å². The quantitative estimate of drug-likeness (QED) is 0.232. The lowest BCUT2D eigenvalue weighted by molar-refractivity contribution is -0.159. The van der Waals surface area contributed by atoms with Crippen molar-refractivity contribution in [1.29, 1.82) is 0 Å². The fourth-order valence-corrected chi connectivity index (χ4v) is 6.43. The Bertz CT molecular complexity index is 1760. The molecular weight excluding hydrogens is 652 g/mol. The summed E-state index contributed by atoms with van der Waals surface area (Å²) in [5.74, 6) is -10.3. The number of benzene rings is 1. The summed E-state index contributed by atoms with van der Waals surface area (Å²) in [6.07, 6.45) is 1.99. The average Bonchev–Trinajstić information content (AvgIpc) is 3.33. The Hall–Kier alpha value is -4.79. The number of allylic oxidation sites excluding steroid dienone is 4. The highest BCUT2D eigenvalue weighted by atomic mass is 16.7. The molecule has 270 valence electrons. The van der Waals surface area contributed by atoms with E-state index in [-0.39, 0.29) is 22.4 Å². The molecule has 4 aliphatic rings. The van der Waals surface area contributed by atoms with Gasteiger partial charge in [-0.05, 0) is 19.9 Å². The highest BCUT2D eigenvalue weighted by Crippen LogP contribution is 2.48. The van der Waals surface area contributed by atoms with Gasteiger partial charge in [-0.3, -0.25) is 24.0 Å². The number of amides is 1. The lowest BCUT2D eigenvalue weighted by Gasteiger charge is -2.37. The van der Waals surface area contributed by atoms with Gasteiger partial charge in [-0.25, -0.2) is 0 Å². The summed E-state index contributed by atoms with van der Waals surface area (Å²) in [4.78, 5) is 66.4. The Morgan fingerprint density at radius 1 is 0.920 bits per heavy atom. The molecule has 0 radical (unpaired) electrons. The van der Waals surface area contributed by atoms with Crippen LogP contribution in [0.3, 0.4) is 0 Å². The molecule has 7 N–H and O–H groups in total. The molecular formula is C36H44N2O12. The van der Waals surface area contributed by atoms with Gasteiger partial charge in [0.05, 0.1) is 41.3 Å². The molecule has 0 saturated heterocycles. The molecule has 9 unspecified atom stereocenters. The SMILES string of the molecule is CC(=O)OC1C(C)C(O)C=COC2(C)Oc3c(C)c(O)c4c(c3C2=O)C(=O)C(N)=C(NC(=O)C(C)=CC=CC(C)C(O)C(C)C(O)C1C)C4=O. The summed E-state index contributed by atoms with van der Waals surface area (Å²) >= 11 is 0. The van der Waals surface area contributed by atoms with E-state index < -0.39 is 111 Å². The van der Waals surface area contributed by atoms with Gasteiger partial charge in [0, 0.05) is 48.7 Å². The number of esters is 1. The highest BCUT2D eigenvalue weighted by Gasteiger charge is 2.52. The number of carbonyl (C=O) groups excluding carboxylic acids is 5. The number of rotatable bonds is 1. The number of phenols is 1. The number of Topliss-reactive ketones (excluding diaryl/α,β-unsaturated/α-hetero) is 3. The standard InChI is InChI=1S/C36H44N2O12/c1-14-10-9-11-15(2)35(47)38-26-25(37)30(44)22-23(31(26)45)29(43)19(6)33-24(22)34(46)36(8,50-33)48-13-12-21(40)16(3)32(49-20(7)39)18(5)28(42)17(4)27(14)41/h9-14,16-18,21,27-28,32,40-43H,37H2,1-8H3,(H,38,47). The zero-order valence-corrected chi connectivity index (χ0v) is 29.1. The first-order valence-electron chi connectivity index (χ1n) is 16.2. The number of carbonyl (C=O) groups is 5. The van der Waals surface area contributed by atoms with E-state index in [1.54, 1.807) is 33.8 Å². The summed E-state index contributed by atoms with van der Waals surface area (Å²) in [5.41, 5.74) is 3.44. The van der Waals surface area contributed by atoms with Crippen LogP contribution in [-0.2, 0) is 19.1 Å². The summed E-state index contributed by atoms with van der Waals surface area (Å²) in [7, 11) is 0. The minimum atomic E-state index is -2.13. The van der Waals surface area contributed by atoms with Gasteiger partial charge in [0.2, 0.25) is 11.6 Å². The minimum Gasteiger partial charge on any atom is -0.507 e. The molecule has 1 aromatic rings. The number of ether oxygens (including phenoxy) is 3. The Morgan fingerprint density at radius 2 is 1.56 bits per heavy atom. The van der Waals surface area contributed by atoms with Crippen LogP contribution in [0.4, 0.5) is 0 Å². The van der Waals surface area contributed by atoms with Crippen LogP contribution in [0.25, 0.3) is 0 Å². The second-order valence-corrected chi connectivity index (χ2v) is 13.4. The van der Waals surface area contributed by atoms with Crippen LogP contribution in [0.15, 0.2) is 47.5 Å². The van der Waals surface area contributed by atoms with Crippen molar-refractivity contribution in [2.24, 2.45) is 29.4 Å². The molecule has 0 saturated carbocycles. The number of ketones is 3. The molecule has 9 atom stereocenters. The molecule has 14 heteroatoms. The smallest absolute Gasteiger partial charge is 0.312 e. The van der Waals surface area contributed by atoms with Crippen LogP contribution >= 0.6 is 0 Å². The number of nitrogens with one attached hydrogen (secondary N) is 1. The van der Waals surface area contributed by atoms with Gasteiger partial charge in [0.15, 0.2) is 0 Å². The highest BCUT2D eigenvalue weighted by molar-refractivity contribution is 6.32. The van der Waals surface area contributed by atoms with Crippen LogP contribution < -0.4 is 15.8 Å². The third-order valence-corrected chi connectivity index (χ3v) is 9.75. The normalized spacial score (nSPS) is 32.3. The largest absolute Gasteiger partial charge is 0.507 e. The van der Waals surface area contributed by atoms with Crippen molar-refractivity contribution in [3.05, 3.63) is 69.8 Å². The maximum atomic E-state index is 13.8. The van der Waals surface area contributed by atoms with Crippen molar-refractivity contribution in [1.82, 2.24) is 5.32 Å². The fraction of sp³-hybridized carbons (Fsp3) is 0.472. The Morgan fingerprint density at radius 3 is 2.18 bits per heavy atom. The lowest BCUT2D eigenvalue weighted by Crippen LogP contribution is -2.46. The number of hydrogen-bond acceptors (Lipinski definition) is 13. The molecule has 1 amide bonds. The van der Waals surface area contributed by atoms with Crippen LogP contribution in [0.1, 0.15) is 85.1 Å². The van der Waals surface area contributed by atoms with E-state index in [1.165, 1.54) is 45.9 Å². The van der Waals surface area contributed by atoms with Crippen molar-refractivity contribution >= 4 is 29.2 Å². The summed E-state index contributed by atoms with van der Waals surface area (Å²) in [5, 5.41) is 46.9. The third kappa shape index (κ3) is 6.70. The van der Waals surface area contributed by atoms with E-state index in [1.807, 2.05) is 0 Å². The molecule has 5 rings (SSSR count). The molecule has 14 nitrogen and oxygen atoms in total. The molecule has 1 aliphatic carbocycles.